The summed E-state index contributed by atoms with van der Waals surface area (Å²) in [5, 5.41) is 1.83. The molecule has 2 N–H and O–H groups in total. The molecule has 0 atom stereocenters. The van der Waals surface area contributed by atoms with Gasteiger partial charge in [0.25, 0.3) is 0 Å². The van der Waals surface area contributed by atoms with Gasteiger partial charge in [0, 0.05) is 54.6 Å². The van der Waals surface area contributed by atoms with E-state index in [0.29, 0.717) is 63.1 Å². The van der Waals surface area contributed by atoms with Crippen LogP contribution >= 0.6 is 34.5 Å². The first kappa shape index (κ1) is 21.9. The first-order valence-corrected chi connectivity index (χ1v) is 11.7. The van der Waals surface area contributed by atoms with Crippen LogP contribution in [0, 0.1) is 5.82 Å². The van der Waals surface area contributed by atoms with E-state index in [1.54, 1.807) is 17.2 Å². The third-order valence-electron chi connectivity index (χ3n) is 5.79. The molecule has 10 heteroatoms. The number of aromatic nitrogens is 2. The monoisotopic (exact) mass is 501 g/mol. The maximum absolute atomic E-state index is 14.3. The number of pyridine rings is 1. The summed E-state index contributed by atoms with van der Waals surface area (Å²) in [7, 11) is 0. The number of hydrogen-bond acceptors (Lipinski definition) is 6. The van der Waals surface area contributed by atoms with Crippen LogP contribution in [0.25, 0.3) is 32.2 Å². The van der Waals surface area contributed by atoms with Crippen molar-refractivity contribution in [3.8, 4) is 11.1 Å². The van der Waals surface area contributed by atoms with E-state index in [9.17, 15) is 9.18 Å². The van der Waals surface area contributed by atoms with E-state index < -0.39 is 5.82 Å². The molecule has 1 fully saturated rings. The molecule has 0 bridgehead atoms. The quantitative estimate of drug-likeness (QED) is 0.381. The lowest BCUT2D eigenvalue weighted by molar-refractivity contribution is -0.126. The number of anilines is 2. The number of thiazole rings is 1. The number of nitrogen functional groups attached to an aromatic ring is 1. The van der Waals surface area contributed by atoms with Gasteiger partial charge in [0.2, 0.25) is 5.91 Å². The van der Waals surface area contributed by atoms with Crippen molar-refractivity contribution in [1.82, 2.24) is 14.9 Å². The molecule has 4 aromatic rings. The van der Waals surface area contributed by atoms with Crippen LogP contribution in [-0.2, 0) is 4.79 Å². The van der Waals surface area contributed by atoms with Crippen molar-refractivity contribution in [2.75, 3.05) is 36.8 Å². The summed E-state index contributed by atoms with van der Waals surface area (Å²) in [5.74, 6) is -0.469. The number of fused-ring (bicyclic) bond motifs is 2. The van der Waals surface area contributed by atoms with E-state index in [2.05, 4.69) is 21.4 Å². The smallest absolute Gasteiger partial charge is 0.246 e. The number of nitrogens with two attached hydrogens (primary N) is 1. The van der Waals surface area contributed by atoms with Gasteiger partial charge in [-0.3, -0.25) is 9.78 Å². The standard InChI is InChI=1S/C23H18Cl2FN5OS/c1-2-17(32)31-9-7-30(8-10-31)16-5-6-28-20-13(16)11-14(24)18(19(20)25)12-3-4-15(26)22-21(12)29-23(27)33-22/h2-6,11H,1,7-10H2,(H2,27,29). The zero-order valence-corrected chi connectivity index (χ0v) is 19.6. The lowest BCUT2D eigenvalue weighted by Gasteiger charge is -2.36. The number of halogens is 3. The molecule has 0 saturated carbocycles. The van der Waals surface area contributed by atoms with Crippen molar-refractivity contribution >= 4 is 72.4 Å². The fourth-order valence-electron chi connectivity index (χ4n) is 4.22. The summed E-state index contributed by atoms with van der Waals surface area (Å²) < 4.78 is 14.7. The Balaban J connectivity index is 1.61. The Morgan fingerprint density at radius 1 is 1.18 bits per heavy atom. The van der Waals surface area contributed by atoms with E-state index in [-0.39, 0.29) is 11.0 Å². The Labute approximate surface area is 203 Å². The summed E-state index contributed by atoms with van der Waals surface area (Å²) >= 11 is 14.7. The Hall–Kier alpha value is -2.94. The fourth-order valence-corrected chi connectivity index (χ4v) is 5.69. The van der Waals surface area contributed by atoms with Gasteiger partial charge in [0.05, 0.1) is 25.8 Å². The van der Waals surface area contributed by atoms with Gasteiger partial charge in [-0.05, 0) is 30.3 Å². The molecule has 0 aliphatic carbocycles. The molecule has 1 aliphatic heterocycles. The highest BCUT2D eigenvalue weighted by molar-refractivity contribution is 7.22. The predicted octanol–water partition coefficient (Wildman–Crippen LogP) is 5.37. The minimum absolute atomic E-state index is 0.0711. The number of carbonyl (C=O) groups excluding carboxylic acids is 1. The molecule has 33 heavy (non-hydrogen) atoms. The minimum atomic E-state index is -0.398. The van der Waals surface area contributed by atoms with Crippen LogP contribution in [0.4, 0.5) is 15.2 Å². The second-order valence-electron chi connectivity index (χ2n) is 7.61. The van der Waals surface area contributed by atoms with Crippen LogP contribution in [0.1, 0.15) is 0 Å². The van der Waals surface area contributed by atoms with E-state index in [1.165, 1.54) is 12.1 Å². The van der Waals surface area contributed by atoms with Crippen molar-refractivity contribution in [1.29, 1.82) is 0 Å². The van der Waals surface area contributed by atoms with E-state index in [4.69, 9.17) is 28.9 Å². The maximum atomic E-state index is 14.3. The number of piperazine rings is 1. The van der Waals surface area contributed by atoms with Crippen molar-refractivity contribution in [2.24, 2.45) is 0 Å². The highest BCUT2D eigenvalue weighted by atomic mass is 35.5. The summed E-state index contributed by atoms with van der Waals surface area (Å²) in [6, 6.07) is 6.71. The van der Waals surface area contributed by atoms with Gasteiger partial charge >= 0.3 is 0 Å². The molecule has 1 aliphatic rings. The SMILES string of the molecule is C=CC(=O)N1CCN(c2ccnc3c(Cl)c(-c4ccc(F)c5sc(N)nc45)c(Cl)cc23)CC1. The molecular weight excluding hydrogens is 484 g/mol. The Bertz CT molecular complexity index is 1430. The Morgan fingerprint density at radius 2 is 1.94 bits per heavy atom. The van der Waals surface area contributed by atoms with Crippen molar-refractivity contribution in [3.05, 3.63) is 59.0 Å². The van der Waals surface area contributed by atoms with Crippen LogP contribution in [0.15, 0.2) is 43.1 Å². The van der Waals surface area contributed by atoms with Gasteiger partial charge in [-0.1, -0.05) is 41.1 Å². The van der Waals surface area contributed by atoms with Crippen molar-refractivity contribution in [3.63, 3.8) is 0 Å². The van der Waals surface area contributed by atoms with Gasteiger partial charge in [0.1, 0.15) is 5.82 Å². The summed E-state index contributed by atoms with van der Waals surface area (Å²) in [6.45, 7) is 6.06. The highest BCUT2D eigenvalue weighted by Gasteiger charge is 2.24. The van der Waals surface area contributed by atoms with Crippen molar-refractivity contribution in [2.45, 2.75) is 0 Å². The van der Waals surface area contributed by atoms with Gasteiger partial charge in [-0.15, -0.1) is 0 Å². The van der Waals surface area contributed by atoms with Gasteiger partial charge in [-0.25, -0.2) is 9.37 Å². The topological polar surface area (TPSA) is 75.4 Å². The number of rotatable bonds is 3. The molecule has 0 spiro atoms. The van der Waals surface area contributed by atoms with Crippen LogP contribution in [0.3, 0.4) is 0 Å². The number of amides is 1. The molecule has 1 amide bonds. The summed E-state index contributed by atoms with van der Waals surface area (Å²) in [5.41, 5.74) is 8.90. The number of hydrogen-bond donors (Lipinski definition) is 1. The number of nitrogens with zero attached hydrogens (tertiary/aromatic N) is 4. The highest BCUT2D eigenvalue weighted by Crippen LogP contribution is 2.45. The fraction of sp³-hybridized carbons (Fsp3) is 0.174. The maximum Gasteiger partial charge on any atom is 0.246 e. The van der Waals surface area contributed by atoms with Gasteiger partial charge in [-0.2, -0.15) is 0 Å². The largest absolute Gasteiger partial charge is 0.375 e. The Morgan fingerprint density at radius 3 is 2.67 bits per heavy atom. The van der Waals surface area contributed by atoms with E-state index in [1.807, 2.05) is 12.1 Å². The van der Waals surface area contributed by atoms with Gasteiger partial charge < -0.3 is 15.5 Å². The molecular formula is C23H18Cl2FN5OS. The molecule has 168 valence electrons. The minimum Gasteiger partial charge on any atom is -0.375 e. The zero-order chi connectivity index (χ0) is 23.3. The number of benzene rings is 2. The number of carbonyl (C=O) groups is 1. The predicted molar refractivity (Wildman–Crippen MR) is 134 cm³/mol. The lowest BCUT2D eigenvalue weighted by atomic mass is 10.0. The van der Waals surface area contributed by atoms with Gasteiger partial charge in [0.15, 0.2) is 5.13 Å². The first-order valence-electron chi connectivity index (χ1n) is 10.2. The average molecular weight is 502 g/mol. The van der Waals surface area contributed by atoms with Crippen LogP contribution in [0.5, 0.6) is 0 Å². The molecule has 0 unspecified atom stereocenters. The normalized spacial score (nSPS) is 14.3. The molecule has 0 radical (unpaired) electrons. The Kier molecular flexibility index (Phi) is 5.60. The summed E-state index contributed by atoms with van der Waals surface area (Å²) in [4.78, 5) is 24.7. The third-order valence-corrected chi connectivity index (χ3v) is 7.35. The van der Waals surface area contributed by atoms with Crippen molar-refractivity contribution < 1.29 is 9.18 Å². The first-order chi connectivity index (χ1) is 15.9. The molecule has 2 aromatic heterocycles. The summed E-state index contributed by atoms with van der Waals surface area (Å²) in [6.07, 6.45) is 3.03. The molecule has 2 aromatic carbocycles. The zero-order valence-electron chi connectivity index (χ0n) is 17.3. The average Bonchev–Trinajstić information content (AvgIpc) is 3.22. The molecule has 5 rings (SSSR count). The molecule has 1 saturated heterocycles. The van der Waals surface area contributed by atoms with Crippen LogP contribution < -0.4 is 10.6 Å². The lowest BCUT2D eigenvalue weighted by Crippen LogP contribution is -2.48. The molecule has 3 heterocycles. The van der Waals surface area contributed by atoms with Crippen LogP contribution in [0.2, 0.25) is 10.0 Å². The molecule has 6 nitrogen and oxygen atoms in total. The second-order valence-corrected chi connectivity index (χ2v) is 9.43. The van der Waals surface area contributed by atoms with E-state index >= 15 is 0 Å². The van der Waals surface area contributed by atoms with Crippen LogP contribution in [-0.4, -0.2) is 47.0 Å². The third kappa shape index (κ3) is 3.68. The van der Waals surface area contributed by atoms with E-state index in [0.717, 1.165) is 22.4 Å². The second kappa shape index (κ2) is 8.44.